The Hall–Kier alpha value is -2.10. The van der Waals surface area contributed by atoms with Gasteiger partial charge >= 0.3 is 0 Å². The molecule has 1 heterocycles. The van der Waals surface area contributed by atoms with E-state index in [9.17, 15) is 4.79 Å². The van der Waals surface area contributed by atoms with Crippen molar-refractivity contribution in [2.45, 2.75) is 20.0 Å². The lowest BCUT2D eigenvalue weighted by Gasteiger charge is -2.06. The van der Waals surface area contributed by atoms with Crippen molar-refractivity contribution < 1.29 is 4.79 Å². The van der Waals surface area contributed by atoms with E-state index in [0.717, 1.165) is 5.56 Å². The first-order chi connectivity index (χ1) is 8.24. The van der Waals surface area contributed by atoms with Crippen LogP contribution < -0.4 is 5.32 Å². The number of aromatic nitrogens is 2. The second-order valence-corrected chi connectivity index (χ2v) is 4.00. The molecule has 2 rings (SSSR count). The number of imidazole rings is 1. The summed E-state index contributed by atoms with van der Waals surface area (Å²) < 4.78 is 1.74. The molecule has 0 saturated carbocycles. The van der Waals surface area contributed by atoms with Gasteiger partial charge in [-0.05, 0) is 12.5 Å². The molecule has 0 aliphatic heterocycles. The summed E-state index contributed by atoms with van der Waals surface area (Å²) in [7, 11) is 0. The van der Waals surface area contributed by atoms with Gasteiger partial charge in [0.05, 0.1) is 6.33 Å². The van der Waals surface area contributed by atoms with Crippen molar-refractivity contribution in [1.82, 2.24) is 14.9 Å². The van der Waals surface area contributed by atoms with Gasteiger partial charge < -0.3 is 9.88 Å². The average molecular weight is 229 g/mol. The molecule has 4 nitrogen and oxygen atoms in total. The lowest BCUT2D eigenvalue weighted by molar-refractivity contribution is -0.121. The molecule has 0 aliphatic rings. The highest BCUT2D eigenvalue weighted by Crippen LogP contribution is 2.03. The molecule has 1 aromatic heterocycles. The summed E-state index contributed by atoms with van der Waals surface area (Å²) in [5.74, 6) is -0.00972. The SMILES string of the molecule is Cc1cccc(CNC(=O)Cn2ccnc2)c1. The molecular weight excluding hydrogens is 214 g/mol. The van der Waals surface area contributed by atoms with Gasteiger partial charge in [0.15, 0.2) is 0 Å². The molecule has 2 aromatic rings. The Labute approximate surface area is 100 Å². The van der Waals surface area contributed by atoms with E-state index in [0.29, 0.717) is 13.1 Å². The van der Waals surface area contributed by atoms with Crippen LogP contribution in [-0.4, -0.2) is 15.5 Å². The summed E-state index contributed by atoms with van der Waals surface area (Å²) in [6, 6.07) is 8.10. The van der Waals surface area contributed by atoms with E-state index in [1.807, 2.05) is 25.1 Å². The second-order valence-electron chi connectivity index (χ2n) is 4.00. The van der Waals surface area contributed by atoms with Gasteiger partial charge in [-0.3, -0.25) is 4.79 Å². The molecule has 0 aliphatic carbocycles. The van der Waals surface area contributed by atoms with Crippen LogP contribution in [0.5, 0.6) is 0 Å². The standard InChI is InChI=1S/C13H15N3O/c1-11-3-2-4-12(7-11)8-15-13(17)9-16-6-5-14-10-16/h2-7,10H,8-9H2,1H3,(H,15,17). The van der Waals surface area contributed by atoms with Crippen molar-refractivity contribution in [3.63, 3.8) is 0 Å². The quantitative estimate of drug-likeness (QED) is 0.863. The van der Waals surface area contributed by atoms with Gasteiger partial charge in [0.2, 0.25) is 5.91 Å². The number of hydrogen-bond donors (Lipinski definition) is 1. The fourth-order valence-corrected chi connectivity index (χ4v) is 1.62. The Bertz CT molecular complexity index is 491. The minimum atomic E-state index is -0.00972. The van der Waals surface area contributed by atoms with Crippen LogP contribution in [0.3, 0.4) is 0 Å². The van der Waals surface area contributed by atoms with Crippen LogP contribution >= 0.6 is 0 Å². The van der Waals surface area contributed by atoms with Gasteiger partial charge in [0.25, 0.3) is 0 Å². The van der Waals surface area contributed by atoms with Crippen LogP contribution in [0, 0.1) is 6.92 Å². The molecule has 1 amide bonds. The Morgan fingerprint density at radius 3 is 3.06 bits per heavy atom. The number of nitrogens with one attached hydrogen (secondary N) is 1. The van der Waals surface area contributed by atoms with E-state index in [2.05, 4.69) is 16.4 Å². The number of aryl methyl sites for hydroxylation is 1. The van der Waals surface area contributed by atoms with Crippen LogP contribution in [0.2, 0.25) is 0 Å². The van der Waals surface area contributed by atoms with Crippen LogP contribution in [0.25, 0.3) is 0 Å². The lowest BCUT2D eigenvalue weighted by Crippen LogP contribution is -2.26. The molecule has 17 heavy (non-hydrogen) atoms. The number of carbonyl (C=O) groups excluding carboxylic acids is 1. The molecule has 0 fully saturated rings. The van der Waals surface area contributed by atoms with E-state index in [-0.39, 0.29) is 5.91 Å². The Kier molecular flexibility index (Phi) is 3.55. The minimum absolute atomic E-state index is 0.00972. The van der Waals surface area contributed by atoms with Crippen LogP contribution in [0.15, 0.2) is 43.0 Å². The molecule has 0 atom stereocenters. The first-order valence-corrected chi connectivity index (χ1v) is 5.52. The van der Waals surface area contributed by atoms with Gasteiger partial charge in [-0.1, -0.05) is 29.8 Å². The van der Waals surface area contributed by atoms with Crippen LogP contribution in [0.4, 0.5) is 0 Å². The zero-order chi connectivity index (χ0) is 12.1. The van der Waals surface area contributed by atoms with Crippen LogP contribution in [0.1, 0.15) is 11.1 Å². The van der Waals surface area contributed by atoms with Crippen molar-refractivity contribution in [2.75, 3.05) is 0 Å². The molecule has 0 unspecified atom stereocenters. The van der Waals surface area contributed by atoms with Gasteiger partial charge in [-0.25, -0.2) is 4.98 Å². The third kappa shape index (κ3) is 3.45. The van der Waals surface area contributed by atoms with Gasteiger partial charge in [0.1, 0.15) is 6.54 Å². The summed E-state index contributed by atoms with van der Waals surface area (Å²) in [6.45, 7) is 2.91. The number of rotatable bonds is 4. The summed E-state index contributed by atoms with van der Waals surface area (Å²) in [6.07, 6.45) is 5.06. The maximum Gasteiger partial charge on any atom is 0.240 e. The molecule has 0 spiro atoms. The smallest absolute Gasteiger partial charge is 0.240 e. The molecule has 4 heteroatoms. The summed E-state index contributed by atoms with van der Waals surface area (Å²) in [5.41, 5.74) is 2.32. The molecule has 1 N–H and O–H groups in total. The lowest BCUT2D eigenvalue weighted by atomic mass is 10.1. The minimum Gasteiger partial charge on any atom is -0.350 e. The molecule has 1 aromatic carbocycles. The first-order valence-electron chi connectivity index (χ1n) is 5.52. The largest absolute Gasteiger partial charge is 0.350 e. The van der Waals surface area contributed by atoms with Crippen molar-refractivity contribution in [2.24, 2.45) is 0 Å². The third-order valence-corrected chi connectivity index (χ3v) is 2.46. The molecular formula is C13H15N3O. The van der Waals surface area contributed by atoms with Gasteiger partial charge in [-0.15, -0.1) is 0 Å². The van der Waals surface area contributed by atoms with Gasteiger partial charge in [-0.2, -0.15) is 0 Å². The molecule has 0 radical (unpaired) electrons. The summed E-state index contributed by atoms with van der Waals surface area (Å²) in [4.78, 5) is 15.5. The van der Waals surface area contributed by atoms with Gasteiger partial charge in [0, 0.05) is 18.9 Å². The van der Waals surface area contributed by atoms with E-state index < -0.39 is 0 Å². The zero-order valence-corrected chi connectivity index (χ0v) is 9.76. The van der Waals surface area contributed by atoms with Crippen molar-refractivity contribution in [1.29, 1.82) is 0 Å². The van der Waals surface area contributed by atoms with E-state index in [4.69, 9.17) is 0 Å². The van der Waals surface area contributed by atoms with E-state index >= 15 is 0 Å². The first kappa shape index (κ1) is 11.4. The Morgan fingerprint density at radius 1 is 1.47 bits per heavy atom. The molecule has 88 valence electrons. The average Bonchev–Trinajstić information content (AvgIpc) is 2.79. The molecule has 0 bridgehead atoms. The van der Waals surface area contributed by atoms with Crippen LogP contribution in [-0.2, 0) is 17.9 Å². The normalized spacial score (nSPS) is 10.2. The maximum atomic E-state index is 11.6. The third-order valence-electron chi connectivity index (χ3n) is 2.46. The number of hydrogen-bond acceptors (Lipinski definition) is 2. The Balaban J connectivity index is 1.84. The number of amides is 1. The number of nitrogens with zero attached hydrogens (tertiary/aromatic N) is 2. The fraction of sp³-hybridized carbons (Fsp3) is 0.231. The highest BCUT2D eigenvalue weighted by molar-refractivity contribution is 5.75. The fourth-order valence-electron chi connectivity index (χ4n) is 1.62. The summed E-state index contributed by atoms with van der Waals surface area (Å²) >= 11 is 0. The molecule has 0 saturated heterocycles. The van der Waals surface area contributed by atoms with E-state index in [1.165, 1.54) is 5.56 Å². The monoisotopic (exact) mass is 229 g/mol. The summed E-state index contributed by atoms with van der Waals surface area (Å²) in [5, 5.41) is 2.88. The highest BCUT2D eigenvalue weighted by atomic mass is 16.1. The van der Waals surface area contributed by atoms with Crippen molar-refractivity contribution in [3.8, 4) is 0 Å². The topological polar surface area (TPSA) is 46.9 Å². The second kappa shape index (κ2) is 5.30. The zero-order valence-electron chi connectivity index (χ0n) is 9.76. The number of carbonyl (C=O) groups is 1. The van der Waals surface area contributed by atoms with Crippen molar-refractivity contribution in [3.05, 3.63) is 54.1 Å². The Morgan fingerprint density at radius 2 is 2.35 bits per heavy atom. The maximum absolute atomic E-state index is 11.6. The predicted octanol–water partition coefficient (Wildman–Crippen LogP) is 1.51. The van der Waals surface area contributed by atoms with E-state index in [1.54, 1.807) is 23.3 Å². The predicted molar refractivity (Wildman–Crippen MR) is 65.3 cm³/mol. The highest BCUT2D eigenvalue weighted by Gasteiger charge is 2.01. The number of benzene rings is 1. The van der Waals surface area contributed by atoms with Crippen molar-refractivity contribution >= 4 is 5.91 Å².